The fourth-order valence-corrected chi connectivity index (χ4v) is 3.72. The van der Waals surface area contributed by atoms with Gasteiger partial charge in [0.05, 0.1) is 39.0 Å². The minimum absolute atomic E-state index is 0.0731. The number of carbonyl (C=O) groups excluding carboxylic acids is 1. The van der Waals surface area contributed by atoms with Crippen molar-refractivity contribution >= 4 is 29.0 Å². The SMILES string of the molecule is COc1ccccc1N1CC[NH+](CC(=O)Nc2cccc(SC)c2)CC1. The van der Waals surface area contributed by atoms with Gasteiger partial charge in [-0.25, -0.2) is 0 Å². The van der Waals surface area contributed by atoms with E-state index in [1.165, 1.54) is 4.90 Å². The molecule has 1 heterocycles. The van der Waals surface area contributed by atoms with Gasteiger partial charge in [0, 0.05) is 10.6 Å². The Hall–Kier alpha value is -2.18. The Bertz CT molecular complexity index is 745. The van der Waals surface area contributed by atoms with Gasteiger partial charge in [0.2, 0.25) is 0 Å². The minimum Gasteiger partial charge on any atom is -0.495 e. The van der Waals surface area contributed by atoms with Gasteiger partial charge in [-0.2, -0.15) is 0 Å². The lowest BCUT2D eigenvalue weighted by Gasteiger charge is -2.34. The number of amides is 1. The van der Waals surface area contributed by atoms with Crippen LogP contribution < -0.4 is 19.9 Å². The molecule has 1 aliphatic heterocycles. The van der Waals surface area contributed by atoms with Crippen molar-refractivity contribution in [2.75, 3.05) is 56.3 Å². The van der Waals surface area contributed by atoms with Crippen molar-refractivity contribution in [2.45, 2.75) is 4.90 Å². The molecule has 0 aliphatic carbocycles. The van der Waals surface area contributed by atoms with E-state index in [0.29, 0.717) is 6.54 Å². The third kappa shape index (κ3) is 4.71. The number of benzene rings is 2. The maximum absolute atomic E-state index is 12.4. The monoisotopic (exact) mass is 372 g/mol. The summed E-state index contributed by atoms with van der Waals surface area (Å²) in [6.45, 7) is 4.23. The van der Waals surface area contributed by atoms with E-state index >= 15 is 0 Å². The van der Waals surface area contributed by atoms with Crippen LogP contribution in [0.4, 0.5) is 11.4 Å². The molecule has 1 saturated heterocycles. The van der Waals surface area contributed by atoms with Crippen LogP contribution in [0.1, 0.15) is 0 Å². The van der Waals surface area contributed by atoms with Gasteiger partial charge in [0.25, 0.3) is 5.91 Å². The zero-order valence-electron chi connectivity index (χ0n) is 15.3. The summed E-state index contributed by atoms with van der Waals surface area (Å²) in [4.78, 5) is 17.2. The summed E-state index contributed by atoms with van der Waals surface area (Å²) in [6.07, 6.45) is 2.03. The van der Waals surface area contributed by atoms with E-state index in [-0.39, 0.29) is 5.91 Å². The number of piperazine rings is 1. The van der Waals surface area contributed by atoms with Crippen molar-refractivity contribution < 1.29 is 14.4 Å². The zero-order chi connectivity index (χ0) is 18.4. The zero-order valence-corrected chi connectivity index (χ0v) is 16.1. The second kappa shape index (κ2) is 8.96. The Labute approximate surface area is 159 Å². The van der Waals surface area contributed by atoms with Gasteiger partial charge in [-0.15, -0.1) is 11.8 Å². The number of rotatable bonds is 6. The molecule has 1 fully saturated rings. The summed E-state index contributed by atoms with van der Waals surface area (Å²) < 4.78 is 5.46. The molecule has 0 spiro atoms. The summed E-state index contributed by atoms with van der Waals surface area (Å²) in [5.74, 6) is 0.978. The first kappa shape index (κ1) is 18.6. The standard InChI is InChI=1S/C20H25N3O2S/c1-25-19-9-4-3-8-18(19)23-12-10-22(11-13-23)15-20(24)21-16-6-5-7-17(14-16)26-2/h3-9,14H,10-13,15H2,1-2H3,(H,21,24)/p+1. The number of carbonyl (C=O) groups is 1. The van der Waals surface area contributed by atoms with Crippen LogP contribution in [0.15, 0.2) is 53.4 Å². The van der Waals surface area contributed by atoms with Gasteiger partial charge >= 0.3 is 0 Å². The molecule has 5 nitrogen and oxygen atoms in total. The highest BCUT2D eigenvalue weighted by Crippen LogP contribution is 2.27. The van der Waals surface area contributed by atoms with E-state index in [9.17, 15) is 4.79 Å². The lowest BCUT2D eigenvalue weighted by molar-refractivity contribution is -0.892. The average molecular weight is 373 g/mol. The van der Waals surface area contributed by atoms with Crippen LogP contribution in [0.5, 0.6) is 5.75 Å². The maximum Gasteiger partial charge on any atom is 0.279 e. The summed E-state index contributed by atoms with van der Waals surface area (Å²) in [5.41, 5.74) is 2.00. The van der Waals surface area contributed by atoms with Crippen molar-refractivity contribution in [1.82, 2.24) is 0 Å². The van der Waals surface area contributed by atoms with Crippen LogP contribution in [-0.4, -0.2) is 52.0 Å². The van der Waals surface area contributed by atoms with Crippen LogP contribution in [0.3, 0.4) is 0 Å². The second-order valence-electron chi connectivity index (χ2n) is 6.37. The fraction of sp³-hybridized carbons (Fsp3) is 0.350. The van der Waals surface area contributed by atoms with Gasteiger partial charge < -0.3 is 19.9 Å². The maximum atomic E-state index is 12.4. The second-order valence-corrected chi connectivity index (χ2v) is 7.25. The van der Waals surface area contributed by atoms with E-state index in [1.807, 2.05) is 48.7 Å². The van der Waals surface area contributed by atoms with Crippen molar-refractivity contribution in [3.63, 3.8) is 0 Å². The first-order valence-corrected chi connectivity index (χ1v) is 10.1. The van der Waals surface area contributed by atoms with Crippen molar-refractivity contribution in [3.8, 4) is 5.75 Å². The highest BCUT2D eigenvalue weighted by atomic mass is 32.2. The predicted molar refractivity (Wildman–Crippen MR) is 108 cm³/mol. The normalized spacial score (nSPS) is 14.9. The topological polar surface area (TPSA) is 46.0 Å². The molecule has 2 aromatic carbocycles. The summed E-state index contributed by atoms with van der Waals surface area (Å²) in [6, 6.07) is 16.1. The molecule has 2 N–H and O–H groups in total. The van der Waals surface area contributed by atoms with Crippen LogP contribution in [-0.2, 0) is 4.79 Å². The Balaban J connectivity index is 1.51. The minimum atomic E-state index is 0.0731. The summed E-state index contributed by atoms with van der Waals surface area (Å²) in [5, 5.41) is 3.02. The van der Waals surface area contributed by atoms with Gasteiger partial charge in [-0.3, -0.25) is 4.79 Å². The number of thioether (sulfide) groups is 1. The first-order chi connectivity index (χ1) is 12.7. The number of hydrogen-bond donors (Lipinski definition) is 2. The summed E-state index contributed by atoms with van der Waals surface area (Å²) in [7, 11) is 1.71. The molecule has 0 aromatic heterocycles. The third-order valence-corrected chi connectivity index (χ3v) is 5.39. The van der Waals surface area contributed by atoms with Crippen LogP contribution in [0, 0.1) is 0 Å². The molecule has 1 aliphatic rings. The number of hydrogen-bond acceptors (Lipinski definition) is 4. The lowest BCUT2D eigenvalue weighted by atomic mass is 10.2. The first-order valence-electron chi connectivity index (χ1n) is 8.85. The molecular weight excluding hydrogens is 346 g/mol. The smallest absolute Gasteiger partial charge is 0.279 e. The molecule has 0 atom stereocenters. The van der Waals surface area contributed by atoms with E-state index in [1.54, 1.807) is 18.9 Å². The molecule has 0 bridgehead atoms. The van der Waals surface area contributed by atoms with E-state index < -0.39 is 0 Å². The average Bonchev–Trinajstić information content (AvgIpc) is 2.68. The molecule has 0 saturated carbocycles. The molecule has 26 heavy (non-hydrogen) atoms. The van der Waals surface area contributed by atoms with E-state index in [4.69, 9.17) is 4.74 Å². The Morgan fingerprint density at radius 1 is 1.19 bits per heavy atom. The predicted octanol–water partition coefficient (Wildman–Crippen LogP) is 1.76. The number of nitrogens with zero attached hydrogens (tertiary/aromatic N) is 1. The van der Waals surface area contributed by atoms with Gasteiger partial charge in [-0.05, 0) is 36.6 Å². The van der Waals surface area contributed by atoms with Crippen LogP contribution in [0.25, 0.3) is 0 Å². The van der Waals surface area contributed by atoms with E-state index in [0.717, 1.165) is 48.2 Å². The van der Waals surface area contributed by atoms with Gasteiger partial charge in [0.15, 0.2) is 6.54 Å². The summed E-state index contributed by atoms with van der Waals surface area (Å²) >= 11 is 1.67. The Morgan fingerprint density at radius 2 is 1.96 bits per heavy atom. The molecule has 6 heteroatoms. The van der Waals surface area contributed by atoms with Gasteiger partial charge in [-0.1, -0.05) is 18.2 Å². The molecule has 3 rings (SSSR count). The number of anilines is 2. The highest BCUT2D eigenvalue weighted by Gasteiger charge is 2.23. The molecular formula is C20H26N3O2S+. The Kier molecular flexibility index (Phi) is 6.41. The molecule has 0 radical (unpaired) electrons. The lowest BCUT2D eigenvalue weighted by Crippen LogP contribution is -3.15. The Morgan fingerprint density at radius 3 is 2.69 bits per heavy atom. The van der Waals surface area contributed by atoms with Crippen LogP contribution >= 0.6 is 11.8 Å². The number of ether oxygens (including phenoxy) is 1. The fourth-order valence-electron chi connectivity index (χ4n) is 3.26. The number of quaternary nitrogens is 1. The highest BCUT2D eigenvalue weighted by molar-refractivity contribution is 7.98. The van der Waals surface area contributed by atoms with Crippen molar-refractivity contribution in [3.05, 3.63) is 48.5 Å². The van der Waals surface area contributed by atoms with Crippen molar-refractivity contribution in [1.29, 1.82) is 0 Å². The molecule has 0 unspecified atom stereocenters. The molecule has 2 aromatic rings. The molecule has 1 amide bonds. The molecule has 138 valence electrons. The van der Waals surface area contributed by atoms with Gasteiger partial charge in [0.1, 0.15) is 5.75 Å². The number of methoxy groups -OCH3 is 1. The quantitative estimate of drug-likeness (QED) is 0.759. The number of nitrogens with one attached hydrogen (secondary N) is 2. The number of para-hydroxylation sites is 2. The van der Waals surface area contributed by atoms with Crippen molar-refractivity contribution in [2.24, 2.45) is 0 Å². The van der Waals surface area contributed by atoms with Crippen LogP contribution in [0.2, 0.25) is 0 Å². The largest absolute Gasteiger partial charge is 0.495 e. The third-order valence-electron chi connectivity index (χ3n) is 4.66. The van der Waals surface area contributed by atoms with E-state index in [2.05, 4.69) is 16.3 Å².